The molecule has 0 radical (unpaired) electrons. The van der Waals surface area contributed by atoms with E-state index in [0.717, 1.165) is 44.4 Å². The molecule has 0 aliphatic heterocycles. The van der Waals surface area contributed by atoms with Gasteiger partial charge in [-0.05, 0) is 39.9 Å². The van der Waals surface area contributed by atoms with Crippen LogP contribution in [0.15, 0.2) is 67.0 Å². The van der Waals surface area contributed by atoms with Crippen LogP contribution in [0.3, 0.4) is 0 Å². The number of nitrogens with zero attached hydrogens (tertiary/aromatic N) is 1. The Morgan fingerprint density at radius 1 is 1.00 bits per heavy atom. The van der Waals surface area contributed by atoms with Crippen molar-refractivity contribution in [3.63, 3.8) is 0 Å². The Morgan fingerprint density at radius 2 is 1.80 bits per heavy atom. The quantitative estimate of drug-likeness (QED) is 0.588. The van der Waals surface area contributed by atoms with Crippen LogP contribution in [-0.4, -0.2) is 15.9 Å². The van der Waals surface area contributed by atoms with Crippen LogP contribution >= 0.6 is 0 Å². The van der Waals surface area contributed by atoms with Crippen molar-refractivity contribution in [2.45, 2.75) is 5.92 Å². The van der Waals surface area contributed by atoms with E-state index in [0.29, 0.717) is 0 Å². The molecule has 0 unspecified atom stereocenters. The Labute approximate surface area is 144 Å². The molecule has 2 aromatic heterocycles. The van der Waals surface area contributed by atoms with Crippen LogP contribution in [0, 0.1) is 0 Å². The number of pyridine rings is 1. The summed E-state index contributed by atoms with van der Waals surface area (Å²) in [4.78, 5) is 19.7. The first-order valence-electron chi connectivity index (χ1n) is 8.19. The third-order valence-electron chi connectivity index (χ3n) is 4.94. The lowest BCUT2D eigenvalue weighted by Gasteiger charge is -2.11. The van der Waals surface area contributed by atoms with E-state index >= 15 is 0 Å². The van der Waals surface area contributed by atoms with Crippen LogP contribution in [0.2, 0.25) is 0 Å². The second-order valence-electron chi connectivity index (χ2n) is 6.33. The highest BCUT2D eigenvalue weighted by Gasteiger charge is 2.33. The Bertz CT molecular complexity index is 1140. The van der Waals surface area contributed by atoms with Crippen LogP contribution < -0.4 is 5.73 Å². The standard InChI is InChI=1S/C21H15N3O/c22-20(25)19-16-5-2-1-4-15(16)18-14(6-3-7-17(18)19)13-10-12-8-9-23-21(12)24-11-13/h1-11,19H,(H2,22,25)(H,23,24)/t19-/m1/s1. The summed E-state index contributed by atoms with van der Waals surface area (Å²) in [7, 11) is 0. The Hall–Kier alpha value is -3.40. The second-order valence-corrected chi connectivity index (χ2v) is 6.33. The molecular weight excluding hydrogens is 310 g/mol. The Morgan fingerprint density at radius 3 is 2.68 bits per heavy atom. The number of nitrogens with one attached hydrogen (secondary N) is 1. The van der Waals surface area contributed by atoms with Gasteiger partial charge in [0.05, 0.1) is 5.92 Å². The number of benzene rings is 2. The first-order valence-corrected chi connectivity index (χ1v) is 8.19. The molecule has 25 heavy (non-hydrogen) atoms. The lowest BCUT2D eigenvalue weighted by molar-refractivity contribution is -0.118. The van der Waals surface area contributed by atoms with Gasteiger partial charge in [-0.15, -0.1) is 0 Å². The van der Waals surface area contributed by atoms with Gasteiger partial charge in [0.25, 0.3) is 0 Å². The normalized spacial score (nSPS) is 15.1. The number of aromatic nitrogens is 2. The lowest BCUT2D eigenvalue weighted by Crippen LogP contribution is -2.20. The minimum atomic E-state index is -0.393. The lowest BCUT2D eigenvalue weighted by atomic mass is 9.93. The van der Waals surface area contributed by atoms with Crippen molar-refractivity contribution < 1.29 is 4.79 Å². The molecule has 1 amide bonds. The summed E-state index contributed by atoms with van der Waals surface area (Å²) in [5.74, 6) is -0.710. The van der Waals surface area contributed by atoms with Gasteiger partial charge < -0.3 is 10.7 Å². The SMILES string of the molecule is NC(=O)[C@@H]1c2ccccc2-c2c(-c3cnc4[nH]ccc4c3)cccc21. The zero-order valence-corrected chi connectivity index (χ0v) is 13.4. The second kappa shape index (κ2) is 5.05. The third-order valence-corrected chi connectivity index (χ3v) is 4.94. The predicted molar refractivity (Wildman–Crippen MR) is 98.0 cm³/mol. The van der Waals surface area contributed by atoms with Gasteiger partial charge in [0.1, 0.15) is 5.65 Å². The molecule has 0 saturated heterocycles. The van der Waals surface area contributed by atoms with E-state index in [1.54, 1.807) is 0 Å². The molecule has 1 aliphatic carbocycles. The van der Waals surface area contributed by atoms with Crippen molar-refractivity contribution in [3.8, 4) is 22.3 Å². The summed E-state index contributed by atoms with van der Waals surface area (Å²) >= 11 is 0. The van der Waals surface area contributed by atoms with Crippen molar-refractivity contribution in [3.05, 3.63) is 78.1 Å². The zero-order valence-electron chi connectivity index (χ0n) is 13.4. The number of primary amides is 1. The number of fused-ring (bicyclic) bond motifs is 4. The molecule has 2 heterocycles. The molecule has 0 saturated carbocycles. The average Bonchev–Trinajstić information content (AvgIpc) is 3.22. The van der Waals surface area contributed by atoms with Gasteiger partial charge in [-0.1, -0.05) is 42.5 Å². The molecule has 5 rings (SSSR count). The van der Waals surface area contributed by atoms with Crippen LogP contribution in [-0.2, 0) is 4.79 Å². The molecule has 1 atom stereocenters. The van der Waals surface area contributed by atoms with E-state index in [9.17, 15) is 4.79 Å². The summed E-state index contributed by atoms with van der Waals surface area (Å²) in [6.45, 7) is 0. The summed E-state index contributed by atoms with van der Waals surface area (Å²) in [5.41, 5.74) is 12.8. The maximum Gasteiger partial charge on any atom is 0.229 e. The summed E-state index contributed by atoms with van der Waals surface area (Å²) in [5, 5.41) is 1.06. The highest BCUT2D eigenvalue weighted by molar-refractivity contribution is 6.00. The van der Waals surface area contributed by atoms with Crippen LogP contribution in [0.1, 0.15) is 17.0 Å². The van der Waals surface area contributed by atoms with Gasteiger partial charge >= 0.3 is 0 Å². The van der Waals surface area contributed by atoms with Gasteiger partial charge in [0, 0.05) is 23.3 Å². The number of hydrogen-bond donors (Lipinski definition) is 2. The van der Waals surface area contributed by atoms with E-state index in [1.165, 1.54) is 0 Å². The topological polar surface area (TPSA) is 71.8 Å². The summed E-state index contributed by atoms with van der Waals surface area (Å²) < 4.78 is 0. The van der Waals surface area contributed by atoms with Crippen molar-refractivity contribution in [2.75, 3.05) is 0 Å². The van der Waals surface area contributed by atoms with Crippen LogP contribution in [0.4, 0.5) is 0 Å². The first kappa shape index (κ1) is 14.0. The fourth-order valence-corrected chi connectivity index (χ4v) is 3.89. The van der Waals surface area contributed by atoms with Gasteiger partial charge in [-0.3, -0.25) is 4.79 Å². The van der Waals surface area contributed by atoms with E-state index < -0.39 is 5.92 Å². The molecule has 120 valence electrons. The average molecular weight is 325 g/mol. The number of carbonyl (C=O) groups is 1. The number of aromatic amines is 1. The van der Waals surface area contributed by atoms with Crippen molar-refractivity contribution in [1.29, 1.82) is 0 Å². The largest absolute Gasteiger partial charge is 0.369 e. The number of hydrogen-bond acceptors (Lipinski definition) is 2. The highest BCUT2D eigenvalue weighted by Crippen LogP contribution is 2.48. The number of rotatable bonds is 2. The number of carbonyl (C=O) groups excluding carboxylic acids is 1. The Kier molecular flexibility index (Phi) is 2.82. The maximum atomic E-state index is 12.1. The van der Waals surface area contributed by atoms with Crippen molar-refractivity contribution in [2.24, 2.45) is 5.73 Å². The minimum Gasteiger partial charge on any atom is -0.369 e. The smallest absolute Gasteiger partial charge is 0.229 e. The number of nitrogens with two attached hydrogens (primary N) is 1. The highest BCUT2D eigenvalue weighted by atomic mass is 16.1. The van der Waals surface area contributed by atoms with E-state index in [1.807, 2.05) is 48.8 Å². The van der Waals surface area contributed by atoms with E-state index in [4.69, 9.17) is 5.73 Å². The molecule has 2 aromatic carbocycles. The molecule has 3 N–H and O–H groups in total. The summed E-state index contributed by atoms with van der Waals surface area (Å²) in [6, 6.07) is 18.2. The predicted octanol–water partition coefficient (Wildman–Crippen LogP) is 3.83. The maximum absolute atomic E-state index is 12.1. The van der Waals surface area contributed by atoms with Gasteiger partial charge in [0.2, 0.25) is 5.91 Å². The molecule has 0 spiro atoms. The van der Waals surface area contributed by atoms with Crippen LogP contribution in [0.25, 0.3) is 33.3 Å². The fraction of sp³-hybridized carbons (Fsp3) is 0.0476. The van der Waals surface area contributed by atoms with E-state index in [2.05, 4.69) is 28.2 Å². The third kappa shape index (κ3) is 1.94. The van der Waals surface area contributed by atoms with Gasteiger partial charge in [-0.25, -0.2) is 4.98 Å². The monoisotopic (exact) mass is 325 g/mol. The molecule has 1 aliphatic rings. The summed E-state index contributed by atoms with van der Waals surface area (Å²) in [6.07, 6.45) is 3.75. The molecule has 4 aromatic rings. The molecular formula is C21H15N3O. The minimum absolute atomic E-state index is 0.317. The Balaban J connectivity index is 1.81. The van der Waals surface area contributed by atoms with Crippen molar-refractivity contribution >= 4 is 16.9 Å². The van der Waals surface area contributed by atoms with Gasteiger partial charge in [0.15, 0.2) is 0 Å². The van der Waals surface area contributed by atoms with Crippen LogP contribution in [0.5, 0.6) is 0 Å². The molecule has 0 fully saturated rings. The number of amides is 1. The fourth-order valence-electron chi connectivity index (χ4n) is 3.89. The zero-order chi connectivity index (χ0) is 17.0. The van der Waals surface area contributed by atoms with E-state index in [-0.39, 0.29) is 5.91 Å². The number of H-pyrrole nitrogens is 1. The van der Waals surface area contributed by atoms with Crippen molar-refractivity contribution in [1.82, 2.24) is 9.97 Å². The first-order chi connectivity index (χ1) is 12.2. The molecule has 4 nitrogen and oxygen atoms in total. The molecule has 4 heteroatoms. The molecule has 0 bridgehead atoms. The van der Waals surface area contributed by atoms with Gasteiger partial charge in [-0.2, -0.15) is 0 Å².